The molecule has 2 N–H and O–H groups in total. The highest BCUT2D eigenvalue weighted by Crippen LogP contribution is 2.34. The SMILES string of the molecule is COc1ccc(/C=C2/SC(=O)N(CC(=O)Nc3ccc(Cl)cc3)C2=O)cc1O. The molecule has 0 radical (unpaired) electrons. The summed E-state index contributed by atoms with van der Waals surface area (Å²) in [6, 6.07) is 11.1. The van der Waals surface area contributed by atoms with Gasteiger partial charge in [0, 0.05) is 10.7 Å². The van der Waals surface area contributed by atoms with Gasteiger partial charge in [-0.15, -0.1) is 0 Å². The van der Waals surface area contributed by atoms with Crippen molar-refractivity contribution in [2.75, 3.05) is 19.0 Å². The number of nitrogens with zero attached hydrogens (tertiary/aromatic N) is 1. The van der Waals surface area contributed by atoms with Gasteiger partial charge in [-0.3, -0.25) is 19.3 Å². The molecule has 0 aliphatic carbocycles. The Kier molecular flexibility index (Phi) is 5.91. The normalized spacial score (nSPS) is 15.2. The second kappa shape index (κ2) is 8.37. The van der Waals surface area contributed by atoms with Gasteiger partial charge in [0.25, 0.3) is 11.1 Å². The minimum Gasteiger partial charge on any atom is -0.504 e. The van der Waals surface area contributed by atoms with Crippen molar-refractivity contribution in [1.82, 2.24) is 4.90 Å². The Bertz CT molecular complexity index is 975. The molecule has 144 valence electrons. The number of hydrogen-bond donors (Lipinski definition) is 2. The van der Waals surface area contributed by atoms with Crippen molar-refractivity contribution in [3.05, 3.63) is 58.0 Å². The van der Waals surface area contributed by atoms with E-state index in [1.807, 2.05) is 0 Å². The fourth-order valence-electron chi connectivity index (χ4n) is 2.46. The number of anilines is 1. The summed E-state index contributed by atoms with van der Waals surface area (Å²) in [7, 11) is 1.43. The van der Waals surface area contributed by atoms with Crippen LogP contribution in [0.25, 0.3) is 6.08 Å². The van der Waals surface area contributed by atoms with Crippen LogP contribution in [-0.2, 0) is 9.59 Å². The van der Waals surface area contributed by atoms with Gasteiger partial charge in [0.05, 0.1) is 12.0 Å². The third kappa shape index (κ3) is 4.47. The molecule has 0 unspecified atom stereocenters. The summed E-state index contributed by atoms with van der Waals surface area (Å²) in [6.07, 6.45) is 1.47. The Balaban J connectivity index is 1.69. The van der Waals surface area contributed by atoms with E-state index < -0.39 is 23.6 Å². The Morgan fingerprint density at radius 1 is 1.25 bits per heavy atom. The number of aromatic hydroxyl groups is 1. The molecular weight excluding hydrogens is 404 g/mol. The Morgan fingerprint density at radius 2 is 1.96 bits per heavy atom. The van der Waals surface area contributed by atoms with Gasteiger partial charge in [-0.1, -0.05) is 17.7 Å². The molecular formula is C19H15ClN2O5S. The molecule has 28 heavy (non-hydrogen) atoms. The zero-order valence-corrected chi connectivity index (χ0v) is 16.2. The molecule has 3 amide bonds. The number of ether oxygens (including phenoxy) is 1. The Labute approximate surface area is 169 Å². The van der Waals surface area contributed by atoms with Crippen molar-refractivity contribution in [2.24, 2.45) is 0 Å². The van der Waals surface area contributed by atoms with E-state index in [1.54, 1.807) is 36.4 Å². The molecule has 0 atom stereocenters. The fourth-order valence-corrected chi connectivity index (χ4v) is 3.43. The smallest absolute Gasteiger partial charge is 0.294 e. The molecule has 9 heteroatoms. The van der Waals surface area contributed by atoms with E-state index in [2.05, 4.69) is 5.32 Å². The van der Waals surface area contributed by atoms with Crippen molar-refractivity contribution in [3.8, 4) is 11.5 Å². The average Bonchev–Trinajstić information content (AvgIpc) is 2.91. The van der Waals surface area contributed by atoms with Gasteiger partial charge in [0.2, 0.25) is 5.91 Å². The highest BCUT2D eigenvalue weighted by molar-refractivity contribution is 8.18. The number of amides is 3. The number of hydrogen-bond acceptors (Lipinski definition) is 6. The molecule has 3 rings (SSSR count). The lowest BCUT2D eigenvalue weighted by molar-refractivity contribution is -0.127. The zero-order chi connectivity index (χ0) is 20.3. The highest BCUT2D eigenvalue weighted by atomic mass is 35.5. The van der Waals surface area contributed by atoms with Gasteiger partial charge in [-0.2, -0.15) is 0 Å². The maximum atomic E-state index is 12.5. The topological polar surface area (TPSA) is 95.9 Å². The van der Waals surface area contributed by atoms with Gasteiger partial charge in [0.15, 0.2) is 11.5 Å². The lowest BCUT2D eigenvalue weighted by Gasteiger charge is -2.12. The average molecular weight is 419 g/mol. The van der Waals surface area contributed by atoms with Crippen LogP contribution in [0.1, 0.15) is 5.56 Å². The number of methoxy groups -OCH3 is 1. The van der Waals surface area contributed by atoms with Gasteiger partial charge in [-0.05, 0) is 59.8 Å². The Hall–Kier alpha value is -2.97. The maximum Gasteiger partial charge on any atom is 0.294 e. The molecule has 0 spiro atoms. The van der Waals surface area contributed by atoms with Gasteiger partial charge in [-0.25, -0.2) is 0 Å². The largest absolute Gasteiger partial charge is 0.504 e. The molecule has 2 aromatic carbocycles. The lowest BCUT2D eigenvalue weighted by atomic mass is 10.2. The summed E-state index contributed by atoms with van der Waals surface area (Å²) in [4.78, 5) is 37.8. The van der Waals surface area contributed by atoms with E-state index in [0.717, 1.165) is 16.7 Å². The van der Waals surface area contributed by atoms with Crippen LogP contribution in [0.4, 0.5) is 10.5 Å². The van der Waals surface area contributed by atoms with Gasteiger partial charge >= 0.3 is 0 Å². The first-order chi connectivity index (χ1) is 13.4. The molecule has 1 heterocycles. The number of thioether (sulfide) groups is 1. The number of phenolic OH excluding ortho intramolecular Hbond substituents is 1. The van der Waals surface area contributed by atoms with Crippen molar-refractivity contribution >= 4 is 52.2 Å². The molecule has 2 aromatic rings. The monoisotopic (exact) mass is 418 g/mol. The predicted octanol–water partition coefficient (Wildman–Crippen LogP) is 3.73. The van der Waals surface area contributed by atoms with Crippen molar-refractivity contribution in [3.63, 3.8) is 0 Å². The molecule has 0 saturated carbocycles. The van der Waals surface area contributed by atoms with E-state index in [9.17, 15) is 19.5 Å². The standard InChI is InChI=1S/C19H15ClN2O5S/c1-27-15-7-2-11(8-14(15)23)9-16-18(25)22(19(26)28-16)10-17(24)21-13-5-3-12(20)4-6-13/h2-9,23H,10H2,1H3,(H,21,24)/b16-9+. The predicted molar refractivity (Wildman–Crippen MR) is 107 cm³/mol. The number of imide groups is 1. The molecule has 7 nitrogen and oxygen atoms in total. The van der Waals surface area contributed by atoms with Crippen molar-refractivity contribution < 1.29 is 24.2 Å². The second-order valence-electron chi connectivity index (χ2n) is 5.75. The number of halogens is 1. The third-order valence-corrected chi connectivity index (χ3v) is 4.96. The number of rotatable bonds is 5. The Morgan fingerprint density at radius 3 is 2.61 bits per heavy atom. The summed E-state index contributed by atoms with van der Waals surface area (Å²) < 4.78 is 4.97. The van der Waals surface area contributed by atoms with Crippen LogP contribution in [0.2, 0.25) is 5.02 Å². The van der Waals surface area contributed by atoms with Crippen LogP contribution in [0, 0.1) is 0 Å². The highest BCUT2D eigenvalue weighted by Gasteiger charge is 2.36. The number of carbonyl (C=O) groups excluding carboxylic acids is 3. The zero-order valence-electron chi connectivity index (χ0n) is 14.6. The van der Waals surface area contributed by atoms with Crippen molar-refractivity contribution in [1.29, 1.82) is 0 Å². The molecule has 0 bridgehead atoms. The van der Waals surface area contributed by atoms with Gasteiger partial charge < -0.3 is 15.2 Å². The minimum absolute atomic E-state index is 0.0854. The fraction of sp³-hybridized carbons (Fsp3) is 0.105. The van der Waals surface area contributed by atoms with E-state index in [-0.39, 0.29) is 10.7 Å². The van der Waals surface area contributed by atoms with E-state index >= 15 is 0 Å². The molecule has 1 saturated heterocycles. The number of carbonyl (C=O) groups is 3. The van der Waals surface area contributed by atoms with Crippen molar-refractivity contribution in [2.45, 2.75) is 0 Å². The molecule has 1 fully saturated rings. The second-order valence-corrected chi connectivity index (χ2v) is 7.18. The maximum absolute atomic E-state index is 12.5. The number of phenols is 1. The first kappa shape index (κ1) is 19.8. The molecule has 1 aliphatic rings. The summed E-state index contributed by atoms with van der Waals surface area (Å²) in [5.41, 5.74) is 1.03. The summed E-state index contributed by atoms with van der Waals surface area (Å²) in [6.45, 7) is -0.404. The van der Waals surface area contributed by atoms with E-state index in [4.69, 9.17) is 16.3 Å². The van der Waals surface area contributed by atoms with Crippen LogP contribution in [0.5, 0.6) is 11.5 Å². The summed E-state index contributed by atoms with van der Waals surface area (Å²) in [5.74, 6) is -0.869. The molecule has 0 aromatic heterocycles. The van der Waals surface area contributed by atoms with Gasteiger partial charge in [0.1, 0.15) is 6.54 Å². The van der Waals surface area contributed by atoms with Crippen LogP contribution in [-0.4, -0.2) is 40.7 Å². The number of nitrogens with one attached hydrogen (secondary N) is 1. The quantitative estimate of drug-likeness (QED) is 0.718. The minimum atomic E-state index is -0.573. The van der Waals surface area contributed by atoms with Crippen LogP contribution in [0.3, 0.4) is 0 Å². The van der Waals surface area contributed by atoms with Crippen LogP contribution >= 0.6 is 23.4 Å². The van der Waals surface area contributed by atoms with Crippen LogP contribution < -0.4 is 10.1 Å². The van der Waals surface area contributed by atoms with Crippen LogP contribution in [0.15, 0.2) is 47.4 Å². The molecule has 1 aliphatic heterocycles. The first-order valence-electron chi connectivity index (χ1n) is 8.05. The number of benzene rings is 2. The summed E-state index contributed by atoms with van der Waals surface area (Å²) in [5, 5.41) is 12.4. The third-order valence-electron chi connectivity index (χ3n) is 3.80. The van der Waals surface area contributed by atoms with E-state index in [0.29, 0.717) is 22.0 Å². The summed E-state index contributed by atoms with van der Waals surface area (Å²) >= 11 is 6.52. The first-order valence-corrected chi connectivity index (χ1v) is 9.24. The van der Waals surface area contributed by atoms with E-state index in [1.165, 1.54) is 19.3 Å². The lowest BCUT2D eigenvalue weighted by Crippen LogP contribution is -2.36.